The highest BCUT2D eigenvalue weighted by molar-refractivity contribution is 4.43. The van der Waals surface area contributed by atoms with E-state index in [-0.39, 0.29) is 0 Å². The van der Waals surface area contributed by atoms with Gasteiger partial charge in [-0.2, -0.15) is 0 Å². The lowest BCUT2D eigenvalue weighted by molar-refractivity contribution is 0.0132. The molecular weight excluding hydrogens is 264 g/mol. The Bertz CT molecular complexity index is 156. The molecule has 128 valence electrons. The molecule has 0 aromatic carbocycles. The first-order chi connectivity index (χ1) is 10.4. The van der Waals surface area contributed by atoms with Gasteiger partial charge in [-0.25, -0.2) is 0 Å². The molecule has 0 aliphatic rings. The molecule has 0 aromatic heterocycles. The Balaban J connectivity index is 2.90. The second-order valence-electron chi connectivity index (χ2n) is 5.67. The number of ether oxygens (including phenoxy) is 3. The molecule has 0 amide bonds. The van der Waals surface area contributed by atoms with Crippen molar-refractivity contribution in [1.82, 2.24) is 0 Å². The van der Waals surface area contributed by atoms with Crippen molar-refractivity contribution in [2.45, 2.75) is 78.1 Å². The van der Waals surface area contributed by atoms with Crippen molar-refractivity contribution in [2.24, 2.45) is 0 Å². The smallest absolute Gasteiger partial charge is 0.0701 e. The van der Waals surface area contributed by atoms with Crippen LogP contribution in [0.25, 0.3) is 0 Å². The predicted molar refractivity (Wildman–Crippen MR) is 90.0 cm³/mol. The normalized spacial score (nSPS) is 11.1. The van der Waals surface area contributed by atoms with Gasteiger partial charge in [0, 0.05) is 13.2 Å². The largest absolute Gasteiger partial charge is 0.379 e. The summed E-state index contributed by atoms with van der Waals surface area (Å²) < 4.78 is 16.5. The van der Waals surface area contributed by atoms with Gasteiger partial charge in [0.1, 0.15) is 0 Å². The molecule has 0 saturated heterocycles. The van der Waals surface area contributed by atoms with Crippen molar-refractivity contribution < 1.29 is 14.2 Å². The van der Waals surface area contributed by atoms with Gasteiger partial charge in [0.05, 0.1) is 26.4 Å². The highest BCUT2D eigenvalue weighted by Crippen LogP contribution is 2.03. The summed E-state index contributed by atoms with van der Waals surface area (Å²) in [6.45, 7) is 9.04. The quantitative estimate of drug-likeness (QED) is 0.334. The summed E-state index contributed by atoms with van der Waals surface area (Å²) >= 11 is 0. The van der Waals surface area contributed by atoms with Crippen LogP contribution in [0.15, 0.2) is 0 Å². The lowest BCUT2D eigenvalue weighted by Gasteiger charge is -2.07. The first-order valence-electron chi connectivity index (χ1n) is 9.15. The molecule has 21 heavy (non-hydrogen) atoms. The SMILES string of the molecule is CCCCCCCOCCOCCOCCCCCCC. The van der Waals surface area contributed by atoms with Gasteiger partial charge in [0.2, 0.25) is 0 Å². The minimum absolute atomic E-state index is 0.689. The number of hydrogen-bond acceptors (Lipinski definition) is 3. The lowest BCUT2D eigenvalue weighted by Crippen LogP contribution is -2.10. The van der Waals surface area contributed by atoms with E-state index in [0.717, 1.165) is 13.2 Å². The monoisotopic (exact) mass is 302 g/mol. The van der Waals surface area contributed by atoms with Gasteiger partial charge >= 0.3 is 0 Å². The van der Waals surface area contributed by atoms with Crippen molar-refractivity contribution in [3.05, 3.63) is 0 Å². The molecule has 0 bridgehead atoms. The molecule has 0 heterocycles. The number of rotatable bonds is 18. The standard InChI is InChI=1S/C18H38O3/c1-3-5-7-9-11-13-19-15-17-21-18-16-20-14-12-10-8-6-4-2/h3-18H2,1-2H3. The van der Waals surface area contributed by atoms with E-state index in [0.29, 0.717) is 26.4 Å². The molecule has 0 unspecified atom stereocenters. The topological polar surface area (TPSA) is 27.7 Å². The van der Waals surface area contributed by atoms with Crippen LogP contribution in [-0.4, -0.2) is 39.6 Å². The van der Waals surface area contributed by atoms with E-state index in [9.17, 15) is 0 Å². The average Bonchev–Trinajstić information content (AvgIpc) is 2.50. The maximum atomic E-state index is 5.53. The van der Waals surface area contributed by atoms with Crippen LogP contribution in [0.5, 0.6) is 0 Å². The minimum Gasteiger partial charge on any atom is -0.379 e. The van der Waals surface area contributed by atoms with Gasteiger partial charge in [-0.15, -0.1) is 0 Å². The summed E-state index contributed by atoms with van der Waals surface area (Å²) in [5.74, 6) is 0. The Hall–Kier alpha value is -0.120. The third-order valence-corrected chi connectivity index (χ3v) is 3.53. The molecule has 0 saturated carbocycles. The Morgan fingerprint density at radius 2 is 0.714 bits per heavy atom. The molecule has 3 heteroatoms. The molecule has 0 aromatic rings. The molecule has 0 spiro atoms. The predicted octanol–water partition coefficient (Wildman–Crippen LogP) is 4.98. The van der Waals surface area contributed by atoms with Gasteiger partial charge in [0.15, 0.2) is 0 Å². The van der Waals surface area contributed by atoms with Crippen LogP contribution in [0.2, 0.25) is 0 Å². The summed E-state index contributed by atoms with van der Waals surface area (Å²) in [6.07, 6.45) is 12.9. The van der Waals surface area contributed by atoms with E-state index in [1.807, 2.05) is 0 Å². The molecule has 0 N–H and O–H groups in total. The zero-order chi connectivity index (χ0) is 15.4. The fourth-order valence-corrected chi connectivity index (χ4v) is 2.16. The lowest BCUT2D eigenvalue weighted by atomic mass is 10.2. The Morgan fingerprint density at radius 3 is 1.10 bits per heavy atom. The fourth-order valence-electron chi connectivity index (χ4n) is 2.16. The van der Waals surface area contributed by atoms with Crippen molar-refractivity contribution in [3.63, 3.8) is 0 Å². The Morgan fingerprint density at radius 1 is 0.381 bits per heavy atom. The summed E-state index contributed by atoms with van der Waals surface area (Å²) in [4.78, 5) is 0. The van der Waals surface area contributed by atoms with E-state index in [2.05, 4.69) is 13.8 Å². The van der Waals surface area contributed by atoms with Crippen molar-refractivity contribution in [3.8, 4) is 0 Å². The number of unbranched alkanes of at least 4 members (excludes halogenated alkanes) is 8. The number of hydrogen-bond donors (Lipinski definition) is 0. The van der Waals surface area contributed by atoms with Crippen LogP contribution < -0.4 is 0 Å². The summed E-state index contributed by atoms with van der Waals surface area (Å²) in [6, 6.07) is 0. The molecule has 0 atom stereocenters. The van der Waals surface area contributed by atoms with Crippen LogP contribution in [0, 0.1) is 0 Å². The first-order valence-corrected chi connectivity index (χ1v) is 9.15. The molecule has 0 radical (unpaired) electrons. The second-order valence-corrected chi connectivity index (χ2v) is 5.67. The summed E-state index contributed by atoms with van der Waals surface area (Å²) in [7, 11) is 0. The molecule has 3 nitrogen and oxygen atoms in total. The van der Waals surface area contributed by atoms with Crippen molar-refractivity contribution >= 4 is 0 Å². The van der Waals surface area contributed by atoms with Crippen LogP contribution >= 0.6 is 0 Å². The summed E-state index contributed by atoms with van der Waals surface area (Å²) in [5.41, 5.74) is 0. The Labute approximate surface area is 132 Å². The van der Waals surface area contributed by atoms with Crippen LogP contribution in [0.1, 0.15) is 78.1 Å². The van der Waals surface area contributed by atoms with Crippen LogP contribution in [0.4, 0.5) is 0 Å². The van der Waals surface area contributed by atoms with Gasteiger partial charge in [0.25, 0.3) is 0 Å². The highest BCUT2D eigenvalue weighted by atomic mass is 16.5. The summed E-state index contributed by atoms with van der Waals surface area (Å²) in [5, 5.41) is 0. The average molecular weight is 302 g/mol. The first kappa shape index (κ1) is 20.9. The molecule has 0 aliphatic heterocycles. The minimum atomic E-state index is 0.689. The van der Waals surface area contributed by atoms with E-state index >= 15 is 0 Å². The maximum absolute atomic E-state index is 5.53. The third-order valence-electron chi connectivity index (χ3n) is 3.53. The fraction of sp³-hybridized carbons (Fsp3) is 1.00. The van der Waals surface area contributed by atoms with Gasteiger partial charge in [-0.1, -0.05) is 65.2 Å². The van der Waals surface area contributed by atoms with E-state index < -0.39 is 0 Å². The maximum Gasteiger partial charge on any atom is 0.0701 e. The zero-order valence-corrected chi connectivity index (χ0v) is 14.5. The zero-order valence-electron chi connectivity index (χ0n) is 14.5. The molecule has 0 fully saturated rings. The Kier molecular flexibility index (Phi) is 19.8. The molecular formula is C18H38O3. The van der Waals surface area contributed by atoms with E-state index in [1.165, 1.54) is 64.2 Å². The van der Waals surface area contributed by atoms with Gasteiger partial charge in [-0.05, 0) is 12.8 Å². The second kappa shape index (κ2) is 19.9. The van der Waals surface area contributed by atoms with Crippen molar-refractivity contribution in [1.29, 1.82) is 0 Å². The molecule has 0 rings (SSSR count). The van der Waals surface area contributed by atoms with Gasteiger partial charge < -0.3 is 14.2 Å². The highest BCUT2D eigenvalue weighted by Gasteiger charge is 1.93. The van der Waals surface area contributed by atoms with Crippen LogP contribution in [-0.2, 0) is 14.2 Å². The van der Waals surface area contributed by atoms with E-state index in [4.69, 9.17) is 14.2 Å². The van der Waals surface area contributed by atoms with Crippen LogP contribution in [0.3, 0.4) is 0 Å². The van der Waals surface area contributed by atoms with E-state index in [1.54, 1.807) is 0 Å². The molecule has 0 aliphatic carbocycles. The third kappa shape index (κ3) is 19.9. The van der Waals surface area contributed by atoms with Crippen molar-refractivity contribution in [2.75, 3.05) is 39.6 Å². The van der Waals surface area contributed by atoms with Gasteiger partial charge in [-0.3, -0.25) is 0 Å².